The topological polar surface area (TPSA) is 122 Å². The number of nitrogens with zero attached hydrogens (tertiary/aromatic N) is 2. The maximum absolute atomic E-state index is 12.8. The van der Waals surface area contributed by atoms with Crippen LogP contribution in [-0.4, -0.2) is 75.9 Å². The van der Waals surface area contributed by atoms with E-state index in [0.717, 1.165) is 25.7 Å². The van der Waals surface area contributed by atoms with Crippen molar-refractivity contribution in [2.24, 2.45) is 5.73 Å². The summed E-state index contributed by atoms with van der Waals surface area (Å²) < 4.78 is 32.1. The summed E-state index contributed by atoms with van der Waals surface area (Å²) in [5, 5.41) is 2.71. The zero-order chi connectivity index (χ0) is 21.3. The highest BCUT2D eigenvalue weighted by molar-refractivity contribution is 7.89. The minimum absolute atomic E-state index is 0.0277. The number of nitrogens with one attached hydrogen (secondary N) is 1. The SMILES string of the molecule is COCCN(CC(N)=O)CC(=O)Nc1ccc(S(=O)(=O)N2CCCCCC2)cc1. The number of benzene rings is 1. The van der Waals surface area contributed by atoms with Crippen LogP contribution >= 0.6 is 0 Å². The molecule has 0 aromatic heterocycles. The number of sulfonamides is 1. The second-order valence-corrected chi connectivity index (χ2v) is 9.00. The van der Waals surface area contributed by atoms with Gasteiger partial charge in [-0.15, -0.1) is 0 Å². The molecule has 3 N–H and O–H groups in total. The maximum Gasteiger partial charge on any atom is 0.243 e. The van der Waals surface area contributed by atoms with E-state index in [4.69, 9.17) is 10.5 Å². The lowest BCUT2D eigenvalue weighted by Crippen LogP contribution is -2.40. The molecule has 2 rings (SSSR count). The van der Waals surface area contributed by atoms with E-state index < -0.39 is 15.9 Å². The predicted octanol–water partition coefficient (Wildman–Crippen LogP) is 0.624. The quantitative estimate of drug-likeness (QED) is 0.566. The molecule has 0 atom stereocenters. The van der Waals surface area contributed by atoms with Gasteiger partial charge in [0, 0.05) is 32.4 Å². The Balaban J connectivity index is 1.98. The fourth-order valence-electron chi connectivity index (χ4n) is 3.20. The molecule has 10 heteroatoms. The zero-order valence-electron chi connectivity index (χ0n) is 16.8. The predicted molar refractivity (Wildman–Crippen MR) is 110 cm³/mol. The highest BCUT2D eigenvalue weighted by Crippen LogP contribution is 2.21. The van der Waals surface area contributed by atoms with Crippen molar-refractivity contribution in [3.05, 3.63) is 24.3 Å². The Labute approximate surface area is 172 Å². The first-order chi connectivity index (χ1) is 13.8. The van der Waals surface area contributed by atoms with E-state index in [-0.39, 0.29) is 23.9 Å². The third-order valence-electron chi connectivity index (χ3n) is 4.70. The number of methoxy groups -OCH3 is 1. The van der Waals surface area contributed by atoms with Crippen LogP contribution in [0, 0.1) is 0 Å². The molecule has 162 valence electrons. The molecular formula is C19H30N4O5S. The van der Waals surface area contributed by atoms with Crippen molar-refractivity contribution in [2.45, 2.75) is 30.6 Å². The summed E-state index contributed by atoms with van der Waals surface area (Å²) in [5.74, 6) is -0.859. The van der Waals surface area contributed by atoms with Crippen LogP contribution in [0.1, 0.15) is 25.7 Å². The van der Waals surface area contributed by atoms with Crippen LogP contribution in [0.3, 0.4) is 0 Å². The van der Waals surface area contributed by atoms with E-state index in [2.05, 4.69) is 5.32 Å². The van der Waals surface area contributed by atoms with Gasteiger partial charge in [0.05, 0.1) is 24.6 Å². The minimum atomic E-state index is -3.53. The molecule has 1 fully saturated rings. The molecule has 0 aliphatic carbocycles. The first-order valence-electron chi connectivity index (χ1n) is 9.72. The van der Waals surface area contributed by atoms with Crippen LogP contribution in [0.15, 0.2) is 29.2 Å². The monoisotopic (exact) mass is 426 g/mol. The van der Waals surface area contributed by atoms with E-state index in [0.29, 0.717) is 31.9 Å². The third kappa shape index (κ3) is 7.39. The second kappa shape index (κ2) is 11.2. The average molecular weight is 427 g/mol. The molecule has 1 aromatic rings. The number of amides is 2. The Kier molecular flexibility index (Phi) is 9.02. The normalized spacial score (nSPS) is 15.8. The third-order valence-corrected chi connectivity index (χ3v) is 6.61. The Morgan fingerprint density at radius 1 is 1.10 bits per heavy atom. The van der Waals surface area contributed by atoms with Gasteiger partial charge in [0.2, 0.25) is 21.8 Å². The van der Waals surface area contributed by atoms with Gasteiger partial charge in [0.25, 0.3) is 0 Å². The molecule has 1 heterocycles. The van der Waals surface area contributed by atoms with Gasteiger partial charge >= 0.3 is 0 Å². The van der Waals surface area contributed by atoms with E-state index in [1.807, 2.05) is 0 Å². The second-order valence-electron chi connectivity index (χ2n) is 7.06. The van der Waals surface area contributed by atoms with Crippen molar-refractivity contribution in [1.82, 2.24) is 9.21 Å². The number of nitrogens with two attached hydrogens (primary N) is 1. The number of hydrogen-bond acceptors (Lipinski definition) is 6. The lowest BCUT2D eigenvalue weighted by Gasteiger charge is -2.20. The summed E-state index contributed by atoms with van der Waals surface area (Å²) in [6.45, 7) is 1.75. The van der Waals surface area contributed by atoms with Gasteiger partial charge in [-0.1, -0.05) is 12.8 Å². The van der Waals surface area contributed by atoms with Crippen molar-refractivity contribution in [2.75, 3.05) is 51.8 Å². The summed E-state index contributed by atoms with van der Waals surface area (Å²) in [6.07, 6.45) is 3.85. The summed E-state index contributed by atoms with van der Waals surface area (Å²) in [6, 6.07) is 6.14. The van der Waals surface area contributed by atoms with Crippen molar-refractivity contribution >= 4 is 27.5 Å². The van der Waals surface area contributed by atoms with Crippen LogP contribution in [0.25, 0.3) is 0 Å². The van der Waals surface area contributed by atoms with Gasteiger partial charge in [-0.2, -0.15) is 4.31 Å². The fraction of sp³-hybridized carbons (Fsp3) is 0.579. The standard InChI is InChI=1S/C19H30N4O5S/c1-28-13-12-22(14-18(20)24)15-19(25)21-16-6-8-17(9-7-16)29(26,27)23-10-4-2-3-5-11-23/h6-9H,2-5,10-15H2,1H3,(H2,20,24)(H,21,25). The molecule has 0 bridgehead atoms. The van der Waals surface area contributed by atoms with Gasteiger partial charge in [-0.3, -0.25) is 14.5 Å². The van der Waals surface area contributed by atoms with E-state index >= 15 is 0 Å². The van der Waals surface area contributed by atoms with Crippen LogP contribution in [0.4, 0.5) is 5.69 Å². The first-order valence-corrected chi connectivity index (χ1v) is 11.2. The number of carbonyl (C=O) groups excluding carboxylic acids is 2. The highest BCUT2D eigenvalue weighted by atomic mass is 32.2. The minimum Gasteiger partial charge on any atom is -0.383 e. The Bertz CT molecular complexity index is 774. The molecule has 2 amide bonds. The molecule has 1 aliphatic heterocycles. The molecule has 9 nitrogen and oxygen atoms in total. The molecule has 0 saturated carbocycles. The number of primary amides is 1. The number of carbonyl (C=O) groups is 2. The van der Waals surface area contributed by atoms with Crippen molar-refractivity contribution < 1.29 is 22.7 Å². The molecule has 0 spiro atoms. The van der Waals surface area contributed by atoms with Gasteiger partial charge in [-0.25, -0.2) is 8.42 Å². The largest absolute Gasteiger partial charge is 0.383 e. The molecule has 0 unspecified atom stereocenters. The molecule has 0 radical (unpaired) electrons. The lowest BCUT2D eigenvalue weighted by molar-refractivity contribution is -0.121. The van der Waals surface area contributed by atoms with Gasteiger partial charge in [0.15, 0.2) is 0 Å². The van der Waals surface area contributed by atoms with Crippen LogP contribution in [-0.2, 0) is 24.3 Å². The Morgan fingerprint density at radius 2 is 1.72 bits per heavy atom. The smallest absolute Gasteiger partial charge is 0.243 e. The van der Waals surface area contributed by atoms with Crippen molar-refractivity contribution in [3.8, 4) is 0 Å². The van der Waals surface area contributed by atoms with Crippen LogP contribution in [0.5, 0.6) is 0 Å². The maximum atomic E-state index is 12.8. The summed E-state index contributed by atoms with van der Waals surface area (Å²) in [4.78, 5) is 25.2. The van der Waals surface area contributed by atoms with Crippen molar-refractivity contribution in [3.63, 3.8) is 0 Å². The van der Waals surface area contributed by atoms with Crippen LogP contribution < -0.4 is 11.1 Å². The van der Waals surface area contributed by atoms with E-state index in [1.54, 1.807) is 17.0 Å². The Morgan fingerprint density at radius 3 is 2.28 bits per heavy atom. The van der Waals surface area contributed by atoms with Crippen LogP contribution in [0.2, 0.25) is 0 Å². The Hall–Kier alpha value is -2.01. The summed E-state index contributed by atoms with van der Waals surface area (Å²) >= 11 is 0. The molecule has 1 saturated heterocycles. The molecule has 1 aliphatic rings. The number of anilines is 1. The van der Waals surface area contributed by atoms with Gasteiger partial charge in [0.1, 0.15) is 0 Å². The average Bonchev–Trinajstić information content (AvgIpc) is 2.96. The van der Waals surface area contributed by atoms with Gasteiger partial charge < -0.3 is 15.8 Å². The van der Waals surface area contributed by atoms with E-state index in [9.17, 15) is 18.0 Å². The number of hydrogen-bond donors (Lipinski definition) is 2. The fourth-order valence-corrected chi connectivity index (χ4v) is 4.72. The molecular weight excluding hydrogens is 396 g/mol. The number of ether oxygens (including phenoxy) is 1. The molecule has 1 aromatic carbocycles. The van der Waals surface area contributed by atoms with E-state index in [1.165, 1.54) is 23.5 Å². The van der Waals surface area contributed by atoms with Crippen molar-refractivity contribution in [1.29, 1.82) is 0 Å². The summed E-state index contributed by atoms with van der Waals surface area (Å²) in [7, 11) is -1.99. The summed E-state index contributed by atoms with van der Waals surface area (Å²) in [5.41, 5.74) is 5.69. The lowest BCUT2D eigenvalue weighted by atomic mass is 10.2. The van der Waals surface area contributed by atoms with Gasteiger partial charge in [-0.05, 0) is 37.1 Å². The highest BCUT2D eigenvalue weighted by Gasteiger charge is 2.25. The zero-order valence-corrected chi connectivity index (χ0v) is 17.6. The number of rotatable bonds is 10. The first kappa shape index (κ1) is 23.3. The molecule has 29 heavy (non-hydrogen) atoms.